The van der Waals surface area contributed by atoms with Gasteiger partial charge in [0.2, 0.25) is 23.1 Å². The number of isocyanates is 1. The molecule has 26 nitrogen and oxygen atoms in total. The number of alkyl halides is 9. The van der Waals surface area contributed by atoms with Gasteiger partial charge in [-0.15, -0.1) is 0 Å². The predicted octanol–water partition coefficient (Wildman–Crippen LogP) is 19.6. The zero-order valence-electron chi connectivity index (χ0n) is 66.8. The van der Waals surface area contributed by atoms with Gasteiger partial charge in [0.05, 0.1) is 84.0 Å². The van der Waals surface area contributed by atoms with Crippen LogP contribution in [0.3, 0.4) is 0 Å². The van der Waals surface area contributed by atoms with Crippen LogP contribution in [0.25, 0.3) is 47.6 Å². The van der Waals surface area contributed by atoms with Crippen molar-refractivity contribution in [1.29, 1.82) is 0 Å². The number of nitrogens with zero attached hydrogens (tertiary/aromatic N) is 14. The van der Waals surface area contributed by atoms with Gasteiger partial charge in [-0.25, -0.2) is 63.7 Å². The van der Waals surface area contributed by atoms with Crippen molar-refractivity contribution in [2.24, 2.45) is 40.5 Å². The maximum absolute atomic E-state index is 13.4. The summed E-state index contributed by atoms with van der Waals surface area (Å²) in [5.74, 6) is 2.22. The average Bonchev–Trinajstić information content (AvgIpc) is 1.59. The van der Waals surface area contributed by atoms with Crippen LogP contribution in [0.5, 0.6) is 0 Å². The van der Waals surface area contributed by atoms with E-state index in [0.29, 0.717) is 102 Å². The number of fused-ring (bicyclic) bond motifs is 6. The van der Waals surface area contributed by atoms with Crippen molar-refractivity contribution in [3.05, 3.63) is 237 Å². The molecule has 41 heteroatoms. The third-order valence-corrected chi connectivity index (χ3v) is 27.9. The van der Waals surface area contributed by atoms with Crippen LogP contribution in [0.2, 0.25) is 15.1 Å². The number of rotatable bonds is 13. The Morgan fingerprint density at radius 2 is 0.864 bits per heavy atom. The first-order chi connectivity index (χ1) is 58.5. The normalized spacial score (nSPS) is 20.0. The van der Waals surface area contributed by atoms with Crippen molar-refractivity contribution >= 4 is 157 Å². The van der Waals surface area contributed by atoms with E-state index in [9.17, 15) is 70.7 Å². The quantitative estimate of drug-likeness (QED) is 0.0274. The van der Waals surface area contributed by atoms with Gasteiger partial charge in [0, 0.05) is 149 Å². The maximum Gasteiger partial charge on any atom is 1.00 e. The predicted molar refractivity (Wildman–Crippen MR) is 478 cm³/mol. The van der Waals surface area contributed by atoms with Crippen molar-refractivity contribution in [3.8, 4) is 0 Å². The number of pyridine rings is 3. The summed E-state index contributed by atoms with van der Waals surface area (Å²) in [6.45, 7) is 27.0. The van der Waals surface area contributed by atoms with Gasteiger partial charge < -0.3 is 50.9 Å². The zero-order valence-corrected chi connectivity index (χ0v) is 72.7. The van der Waals surface area contributed by atoms with E-state index in [1.54, 1.807) is 89.1 Å². The standard InChI is InChI=1S/C30H26ClF3N6O3S.C24H22ClF3N6O.C22H23N5O2S.C8H3ClF3NO.Na.H2O.13H2/c1-35-26-15-36-28-23(10-11-40(28)44(42,43)22-6-4-3-5-7-22)27(26)38(2)21-12-18-16-39(17-19(18)13-21)29(41)37-20-8-9-25(31)24(14-20)30(32,33)34;1-29-20-10-31-22-17(5-6-30-22)21(20)33(2)16-7-13-11-34(12-14(13)8-16)23(35)32-15-3-4-19(25)18(9-15)24(26,27)28;1-23-20-14-25-22-19(8-9-27(22)30(28,29)18-6-4-3-5-7-18)21(20)26(2)17-10-15-12-24-13-16(15)11-17;9-7-2-1-5(13-4-14)3-6(7)8(10,11)12;;;;;;;;;;;;;;;/h3-11,14-15,18-19,21H,12-13,16-17H2,2H3,(H,37,41);3-6,9-10,13-14,16H,7-8,11-12H2,2H3,(H,30,31)(H,32,35);3-9,14-17,24H,10-13H2,2H3;1-3H;;1H2;13*1H/q;;;;+1;;;;;;;;;;;;;;/p-1/t18-,19+,21?;13-,14+,16?;15-,16+,17?;;;;;;;;;;;;;;;;. The van der Waals surface area contributed by atoms with Gasteiger partial charge in [0.25, 0.3) is 20.0 Å². The molecule has 6 fully saturated rings. The van der Waals surface area contributed by atoms with Crippen molar-refractivity contribution in [2.75, 3.05) is 85.7 Å². The molecule has 3 saturated heterocycles. The van der Waals surface area contributed by atoms with E-state index >= 15 is 0 Å². The first-order valence-electron chi connectivity index (χ1n) is 38.4. The van der Waals surface area contributed by atoms with E-state index in [1.807, 2.05) is 32.1 Å². The molecule has 6 aliphatic rings. The Kier molecular flexibility index (Phi) is 28.1. The number of carbonyl (C=O) groups excluding carboxylic acids is 3. The van der Waals surface area contributed by atoms with Crippen molar-refractivity contribution < 1.29 is 124 Å². The Bertz CT molecular complexity index is 6350. The summed E-state index contributed by atoms with van der Waals surface area (Å²) in [6.07, 6.45) is 1.93. The number of hydrogen-bond donors (Lipinski definition) is 4. The smallest absolute Gasteiger partial charge is 0.870 e. The summed E-state index contributed by atoms with van der Waals surface area (Å²) < 4.78 is 171. The third-order valence-electron chi connectivity index (χ3n) is 23.6. The molecular weight excluding hydrogens is 1750 g/mol. The van der Waals surface area contributed by atoms with Gasteiger partial charge in [0.15, 0.2) is 11.3 Å². The number of carbonyl (C=O) groups is 2. The Morgan fingerprint density at radius 1 is 0.512 bits per heavy atom. The number of hydrogen-bond acceptors (Lipinski definition) is 16. The Balaban J connectivity index is 0. The molecule has 11 aromatic rings. The molecule has 672 valence electrons. The second-order valence-electron chi connectivity index (χ2n) is 30.7. The molecule has 0 bridgehead atoms. The number of nitrogens with one attached hydrogen (secondary N) is 4. The number of likely N-dealkylation sites (tertiary alicyclic amines) is 2. The molecule has 5 N–H and O–H groups in total. The number of aliphatic imine (C=N–C) groups is 1. The van der Waals surface area contributed by atoms with Crippen LogP contribution < -0.4 is 60.2 Å². The van der Waals surface area contributed by atoms with Gasteiger partial charge in [-0.1, -0.05) is 71.2 Å². The molecule has 9 heterocycles. The van der Waals surface area contributed by atoms with Gasteiger partial charge in [-0.05, 0) is 184 Å². The number of anilines is 5. The van der Waals surface area contributed by atoms with Gasteiger partial charge >= 0.3 is 60.1 Å². The molecule has 17 rings (SSSR count). The van der Waals surface area contributed by atoms with Crippen LogP contribution >= 0.6 is 34.8 Å². The van der Waals surface area contributed by atoms with Crippen LogP contribution in [-0.2, 0) is 43.4 Å². The number of urea groups is 2. The molecule has 0 radical (unpaired) electrons. The van der Waals surface area contributed by atoms with Crippen LogP contribution in [0, 0.1) is 55.2 Å². The largest absolute Gasteiger partial charge is 1.00 e. The van der Waals surface area contributed by atoms with Crippen LogP contribution in [-0.4, -0.2) is 157 Å². The van der Waals surface area contributed by atoms with Crippen molar-refractivity contribution in [2.45, 2.75) is 85.0 Å². The summed E-state index contributed by atoms with van der Waals surface area (Å²) in [4.78, 5) is 75.6. The maximum atomic E-state index is 13.4. The fourth-order valence-electron chi connectivity index (χ4n) is 17.6. The fourth-order valence-corrected chi connectivity index (χ4v) is 20.9. The minimum absolute atomic E-state index is 0. The summed E-state index contributed by atoms with van der Waals surface area (Å²) in [6, 6.07) is 30.9. The number of aromatic amines is 1. The molecule has 3 unspecified atom stereocenters. The Morgan fingerprint density at radius 3 is 1.23 bits per heavy atom. The van der Waals surface area contributed by atoms with Crippen molar-refractivity contribution in [1.82, 2.24) is 43.0 Å². The summed E-state index contributed by atoms with van der Waals surface area (Å²) in [7, 11) is -1.79. The SMILES string of the molecule is O=C=Nc1ccc(Cl)c(C(F)(F)F)c1.[C-]#[N+]c1cnc2[nH]ccc2c1N(C)C1C[C@@H]2CN(C(=O)Nc3ccc(Cl)c(C(F)(F)F)c3)C[C@@H]2C1.[C-]#[N+]c1cnc2c(ccn2S(=O)(=O)c2ccccc2)c1N(C)C1C[C@@H]2CN(C(=O)Nc3ccc(Cl)c(C(F)(F)F)c3)C[C@@H]2C1.[C-]#[N+]c1cnc2c(ccn2S(=O)(=O)c2ccccc2)c1N(C)C1C[C@H]2CNC[C@H]2C1.[HH].[HH].[HH].[HH].[HH].[HH].[HH].[HH].[HH].[HH].[HH].[HH].[HH].[Na+].[OH-]. The number of amides is 4. The number of H-pyrrole nitrogens is 1. The van der Waals surface area contributed by atoms with E-state index < -0.39 is 82.4 Å². The van der Waals surface area contributed by atoms with Crippen LogP contribution in [0.1, 0.15) is 73.8 Å². The molecule has 3 aliphatic heterocycles. The van der Waals surface area contributed by atoms with Crippen LogP contribution in [0.4, 0.5) is 100 Å². The molecule has 5 aromatic carbocycles. The average molecular weight is 1860 g/mol. The monoisotopic (exact) mass is 1850 g/mol. The molecule has 3 saturated carbocycles. The topological polar surface area (TPSA) is 292 Å². The van der Waals surface area contributed by atoms with E-state index in [0.717, 1.165) is 102 Å². The summed E-state index contributed by atoms with van der Waals surface area (Å²) in [5.41, 5.74) is 1.71. The minimum Gasteiger partial charge on any atom is -0.870 e. The molecule has 6 aromatic heterocycles. The second-order valence-corrected chi connectivity index (χ2v) is 35.6. The molecule has 3 aliphatic carbocycles. The molecule has 125 heavy (non-hydrogen) atoms. The zero-order chi connectivity index (χ0) is 87.9. The van der Waals surface area contributed by atoms with E-state index in [2.05, 4.69) is 65.2 Å². The van der Waals surface area contributed by atoms with Crippen molar-refractivity contribution in [3.63, 3.8) is 0 Å². The van der Waals surface area contributed by atoms with Crippen LogP contribution in [0.15, 0.2) is 185 Å². The summed E-state index contributed by atoms with van der Waals surface area (Å²) >= 11 is 16.7. The first-order valence-corrected chi connectivity index (χ1v) is 42.4. The second kappa shape index (κ2) is 37.7. The molecule has 0 spiro atoms. The number of benzene rings is 5. The number of aromatic nitrogens is 6. The van der Waals surface area contributed by atoms with E-state index in [1.165, 1.54) is 52.9 Å². The minimum atomic E-state index is -4.64. The Labute approximate surface area is 767 Å². The van der Waals surface area contributed by atoms with Gasteiger partial charge in [0.1, 0.15) is 5.65 Å². The Hall–Kier alpha value is -11.0. The van der Waals surface area contributed by atoms with Gasteiger partial charge in [-0.3, -0.25) is 4.98 Å². The molecule has 9 atom stereocenters. The van der Waals surface area contributed by atoms with Gasteiger partial charge in [-0.2, -0.15) is 44.5 Å². The van der Waals surface area contributed by atoms with E-state index in [4.69, 9.17) is 54.5 Å². The fraction of sp³-hybridized carbons (Fsp3) is 0.321. The summed E-state index contributed by atoms with van der Waals surface area (Å²) in [5, 5.41) is 9.47. The third kappa shape index (κ3) is 19.4. The first kappa shape index (κ1) is 93.2. The molecule has 4 amide bonds. The number of halogens is 12. The molecular formula is C84H101Cl3F9N18NaO8S2. The van der Waals surface area contributed by atoms with E-state index in [-0.39, 0.29) is 122 Å².